The molecule has 0 aromatic heterocycles. The first-order valence-electron chi connectivity index (χ1n) is 6.47. The van der Waals surface area contributed by atoms with E-state index in [1.165, 1.54) is 0 Å². The normalized spacial score (nSPS) is 16.2. The van der Waals surface area contributed by atoms with Crippen LogP contribution in [0.4, 0.5) is 13.2 Å². The molecule has 4 heteroatoms. The third-order valence-electron chi connectivity index (χ3n) is 3.39. The lowest BCUT2D eigenvalue weighted by atomic mass is 9.87. The van der Waals surface area contributed by atoms with E-state index in [2.05, 4.69) is 5.32 Å². The Morgan fingerprint density at radius 1 is 1.05 bits per heavy atom. The number of hydrogen-bond donors (Lipinski definition) is 1. The van der Waals surface area contributed by atoms with Gasteiger partial charge in [-0.25, -0.2) is 0 Å². The maximum Gasteiger partial charge on any atom is 0.390 e. The van der Waals surface area contributed by atoms with Crippen LogP contribution in [0, 0.1) is 5.41 Å². The van der Waals surface area contributed by atoms with Crippen molar-refractivity contribution in [2.45, 2.75) is 52.4 Å². The Morgan fingerprint density at radius 3 is 2.00 bits per heavy atom. The lowest BCUT2D eigenvalue weighted by molar-refractivity contribution is -0.141. The highest BCUT2D eigenvalue weighted by Gasteiger charge is 2.34. The Hall–Kier alpha value is -1.03. The van der Waals surface area contributed by atoms with E-state index >= 15 is 0 Å². The molecule has 1 rings (SSSR count). The summed E-state index contributed by atoms with van der Waals surface area (Å²) in [7, 11) is 0. The second-order valence-electron chi connectivity index (χ2n) is 6.04. The van der Waals surface area contributed by atoms with Gasteiger partial charge in [-0.2, -0.15) is 13.2 Å². The Labute approximate surface area is 113 Å². The molecule has 0 radical (unpaired) electrons. The first kappa shape index (κ1) is 16.0. The van der Waals surface area contributed by atoms with Gasteiger partial charge < -0.3 is 5.32 Å². The molecule has 1 aromatic carbocycles. The number of halogens is 3. The lowest BCUT2D eigenvalue weighted by Gasteiger charge is -2.33. The molecule has 0 fully saturated rings. The van der Waals surface area contributed by atoms with E-state index in [0.29, 0.717) is 5.56 Å². The summed E-state index contributed by atoms with van der Waals surface area (Å²) in [6.07, 6.45) is -5.03. The molecular formula is C15H22F3N. The molecule has 0 saturated carbocycles. The fraction of sp³-hybridized carbons (Fsp3) is 0.600. The van der Waals surface area contributed by atoms with Gasteiger partial charge >= 0.3 is 6.18 Å². The van der Waals surface area contributed by atoms with Crippen molar-refractivity contribution >= 4 is 0 Å². The molecule has 0 heterocycles. The average molecular weight is 273 g/mol. The number of alkyl halides is 3. The van der Waals surface area contributed by atoms with Gasteiger partial charge in [0.1, 0.15) is 0 Å². The van der Waals surface area contributed by atoms with Gasteiger partial charge in [-0.3, -0.25) is 0 Å². The van der Waals surface area contributed by atoms with Crippen LogP contribution >= 0.6 is 0 Å². The summed E-state index contributed by atoms with van der Waals surface area (Å²) in [5.74, 6) is 0. The average Bonchev–Trinajstić information content (AvgIpc) is 2.26. The van der Waals surface area contributed by atoms with Gasteiger partial charge in [0.25, 0.3) is 0 Å². The van der Waals surface area contributed by atoms with Gasteiger partial charge in [0.2, 0.25) is 0 Å². The topological polar surface area (TPSA) is 12.0 Å². The Kier molecular flexibility index (Phi) is 5.02. The molecule has 19 heavy (non-hydrogen) atoms. The summed E-state index contributed by atoms with van der Waals surface area (Å²) < 4.78 is 38.1. The minimum absolute atomic E-state index is 0.0138. The predicted octanol–water partition coefficient (Wildman–Crippen LogP) is 4.70. The van der Waals surface area contributed by atoms with Crippen LogP contribution in [-0.2, 0) is 0 Å². The standard InChI is InChI=1S/C15H22F3N/c1-11(14(2,3)4)19-13(10-15(16,17)18)12-8-6-5-7-9-12/h5-9,11,13,19H,10H2,1-4H3. The van der Waals surface area contributed by atoms with E-state index in [4.69, 9.17) is 0 Å². The molecule has 0 bridgehead atoms. The minimum Gasteiger partial charge on any atom is -0.307 e. The van der Waals surface area contributed by atoms with Crippen LogP contribution in [0.2, 0.25) is 0 Å². The molecule has 1 aromatic rings. The molecule has 0 saturated heterocycles. The van der Waals surface area contributed by atoms with E-state index < -0.39 is 18.6 Å². The summed E-state index contributed by atoms with van der Waals surface area (Å²) in [5.41, 5.74) is 0.592. The smallest absolute Gasteiger partial charge is 0.307 e. The molecule has 2 unspecified atom stereocenters. The molecule has 2 atom stereocenters. The minimum atomic E-state index is -4.18. The van der Waals surface area contributed by atoms with Crippen LogP contribution in [0.5, 0.6) is 0 Å². The Bertz CT molecular complexity index is 379. The molecule has 0 aliphatic rings. The maximum atomic E-state index is 12.7. The monoisotopic (exact) mass is 273 g/mol. The van der Waals surface area contributed by atoms with Crippen molar-refractivity contribution in [3.63, 3.8) is 0 Å². The number of rotatable bonds is 4. The summed E-state index contributed by atoms with van der Waals surface area (Å²) in [5, 5.41) is 3.11. The summed E-state index contributed by atoms with van der Waals surface area (Å²) in [6, 6.07) is 8.10. The molecule has 0 aliphatic heterocycles. The van der Waals surface area contributed by atoms with E-state index in [9.17, 15) is 13.2 Å². The van der Waals surface area contributed by atoms with Crippen molar-refractivity contribution in [3.8, 4) is 0 Å². The highest BCUT2D eigenvalue weighted by atomic mass is 19.4. The van der Waals surface area contributed by atoms with E-state index in [-0.39, 0.29) is 11.5 Å². The molecular weight excluding hydrogens is 251 g/mol. The number of hydrogen-bond acceptors (Lipinski definition) is 1. The number of nitrogens with one attached hydrogen (secondary N) is 1. The summed E-state index contributed by atoms with van der Waals surface area (Å²) >= 11 is 0. The van der Waals surface area contributed by atoms with Crippen molar-refractivity contribution in [1.82, 2.24) is 5.32 Å². The van der Waals surface area contributed by atoms with E-state index in [0.717, 1.165) is 0 Å². The summed E-state index contributed by atoms with van der Waals surface area (Å²) in [6.45, 7) is 7.97. The molecule has 108 valence electrons. The number of benzene rings is 1. The van der Waals surface area contributed by atoms with Gasteiger partial charge in [-0.1, -0.05) is 51.1 Å². The third kappa shape index (κ3) is 5.64. The second-order valence-corrected chi connectivity index (χ2v) is 6.04. The molecule has 0 amide bonds. The van der Waals surface area contributed by atoms with Gasteiger partial charge in [0.05, 0.1) is 6.42 Å². The third-order valence-corrected chi connectivity index (χ3v) is 3.39. The molecule has 1 N–H and O–H groups in total. The van der Waals surface area contributed by atoms with Crippen LogP contribution in [-0.4, -0.2) is 12.2 Å². The highest BCUT2D eigenvalue weighted by molar-refractivity contribution is 5.19. The van der Waals surface area contributed by atoms with Crippen LogP contribution in [0.3, 0.4) is 0 Å². The maximum absolute atomic E-state index is 12.7. The van der Waals surface area contributed by atoms with Crippen molar-refractivity contribution < 1.29 is 13.2 Å². The van der Waals surface area contributed by atoms with Crippen LogP contribution < -0.4 is 5.32 Å². The first-order valence-corrected chi connectivity index (χ1v) is 6.47. The van der Waals surface area contributed by atoms with E-state index in [1.54, 1.807) is 30.3 Å². The van der Waals surface area contributed by atoms with Crippen LogP contribution in [0.1, 0.15) is 45.7 Å². The SMILES string of the molecule is CC(NC(CC(F)(F)F)c1ccccc1)C(C)(C)C. The fourth-order valence-corrected chi connectivity index (χ4v) is 1.74. The lowest BCUT2D eigenvalue weighted by Crippen LogP contribution is -2.41. The Morgan fingerprint density at radius 2 is 1.58 bits per heavy atom. The zero-order valence-corrected chi connectivity index (χ0v) is 11.9. The van der Waals surface area contributed by atoms with Gasteiger partial charge in [0, 0.05) is 12.1 Å². The zero-order valence-electron chi connectivity index (χ0n) is 11.9. The summed E-state index contributed by atoms with van der Waals surface area (Å²) in [4.78, 5) is 0. The molecule has 0 aliphatic carbocycles. The quantitative estimate of drug-likeness (QED) is 0.838. The Balaban J connectivity index is 2.88. The van der Waals surface area contributed by atoms with E-state index in [1.807, 2.05) is 27.7 Å². The second kappa shape index (κ2) is 5.95. The van der Waals surface area contributed by atoms with Crippen molar-refractivity contribution in [1.29, 1.82) is 0 Å². The van der Waals surface area contributed by atoms with Gasteiger partial charge in [0.15, 0.2) is 0 Å². The molecule has 1 nitrogen and oxygen atoms in total. The first-order chi connectivity index (χ1) is 8.59. The van der Waals surface area contributed by atoms with Crippen molar-refractivity contribution in [3.05, 3.63) is 35.9 Å². The largest absolute Gasteiger partial charge is 0.390 e. The van der Waals surface area contributed by atoms with Gasteiger partial charge in [-0.05, 0) is 17.9 Å². The van der Waals surface area contributed by atoms with Gasteiger partial charge in [-0.15, -0.1) is 0 Å². The fourth-order valence-electron chi connectivity index (χ4n) is 1.74. The predicted molar refractivity (Wildman–Crippen MR) is 71.9 cm³/mol. The highest BCUT2D eigenvalue weighted by Crippen LogP contribution is 2.31. The van der Waals surface area contributed by atoms with Crippen molar-refractivity contribution in [2.24, 2.45) is 5.41 Å². The van der Waals surface area contributed by atoms with Crippen LogP contribution in [0.15, 0.2) is 30.3 Å². The zero-order chi connectivity index (χ0) is 14.7. The van der Waals surface area contributed by atoms with Crippen molar-refractivity contribution in [2.75, 3.05) is 0 Å². The molecule has 0 spiro atoms. The van der Waals surface area contributed by atoms with Crippen LogP contribution in [0.25, 0.3) is 0 Å².